The topological polar surface area (TPSA) is 58.2 Å². The summed E-state index contributed by atoms with van der Waals surface area (Å²) in [5.41, 5.74) is 1.67. The van der Waals surface area contributed by atoms with Gasteiger partial charge >= 0.3 is 0 Å². The molecule has 0 aliphatic rings. The minimum atomic E-state index is -0.372. The van der Waals surface area contributed by atoms with E-state index in [4.69, 9.17) is 34.8 Å². The molecule has 0 atom stereocenters. The van der Waals surface area contributed by atoms with E-state index in [2.05, 4.69) is 10.6 Å². The van der Waals surface area contributed by atoms with Crippen LogP contribution in [0, 0.1) is 0 Å². The predicted octanol–water partition coefficient (Wildman–Crippen LogP) is 5.26. The first kappa shape index (κ1) is 18.3. The van der Waals surface area contributed by atoms with Gasteiger partial charge in [-0.15, -0.1) is 0 Å². The van der Waals surface area contributed by atoms with Crippen LogP contribution in [-0.4, -0.2) is 11.8 Å². The summed E-state index contributed by atoms with van der Waals surface area (Å²) in [6, 6.07) is 9.85. The highest BCUT2D eigenvalue weighted by molar-refractivity contribution is 6.42. The lowest BCUT2D eigenvalue weighted by Gasteiger charge is -2.08. The van der Waals surface area contributed by atoms with Gasteiger partial charge in [0.25, 0.3) is 0 Å². The average molecular weight is 384 g/mol. The number of rotatable bonds is 4. The van der Waals surface area contributed by atoms with Crippen LogP contribution >= 0.6 is 34.8 Å². The maximum absolute atomic E-state index is 12.0. The number of benzene rings is 2. The number of carbonyl (C=O) groups is 2. The molecule has 0 aliphatic heterocycles. The Morgan fingerprint density at radius 3 is 2.29 bits per heavy atom. The minimum Gasteiger partial charge on any atom is -0.326 e. The van der Waals surface area contributed by atoms with Crippen molar-refractivity contribution in [2.45, 2.75) is 6.92 Å². The van der Waals surface area contributed by atoms with Crippen LogP contribution < -0.4 is 10.6 Å². The lowest BCUT2D eigenvalue weighted by molar-refractivity contribution is -0.114. The molecule has 0 unspecified atom stereocenters. The molecule has 2 amide bonds. The highest BCUT2D eigenvalue weighted by Crippen LogP contribution is 2.26. The number of hydrogen-bond acceptors (Lipinski definition) is 2. The highest BCUT2D eigenvalue weighted by Gasteiger charge is 2.06. The van der Waals surface area contributed by atoms with Crippen molar-refractivity contribution in [3.8, 4) is 0 Å². The van der Waals surface area contributed by atoms with Crippen LogP contribution in [0.1, 0.15) is 12.5 Å². The Bertz CT molecular complexity index is 819. The van der Waals surface area contributed by atoms with Crippen LogP contribution in [0.4, 0.5) is 11.4 Å². The quantitative estimate of drug-likeness (QED) is 0.708. The van der Waals surface area contributed by atoms with E-state index < -0.39 is 0 Å². The van der Waals surface area contributed by atoms with Crippen LogP contribution in [0.15, 0.2) is 42.5 Å². The summed E-state index contributed by atoms with van der Waals surface area (Å²) in [6.45, 7) is 1.40. The van der Waals surface area contributed by atoms with Crippen LogP contribution in [0.25, 0.3) is 6.08 Å². The summed E-state index contributed by atoms with van der Waals surface area (Å²) in [4.78, 5) is 23.1. The Kier molecular flexibility index (Phi) is 6.26. The van der Waals surface area contributed by atoms with Gasteiger partial charge in [0.1, 0.15) is 0 Å². The molecule has 0 saturated heterocycles. The van der Waals surface area contributed by atoms with Crippen molar-refractivity contribution in [2.75, 3.05) is 10.6 Å². The summed E-state index contributed by atoms with van der Waals surface area (Å²) < 4.78 is 0. The third kappa shape index (κ3) is 5.27. The molecule has 0 saturated carbocycles. The molecule has 7 heteroatoms. The zero-order valence-corrected chi connectivity index (χ0v) is 14.8. The van der Waals surface area contributed by atoms with Crippen molar-refractivity contribution in [3.63, 3.8) is 0 Å². The monoisotopic (exact) mass is 382 g/mol. The van der Waals surface area contributed by atoms with Crippen molar-refractivity contribution in [3.05, 3.63) is 63.1 Å². The van der Waals surface area contributed by atoms with Crippen LogP contribution in [0.5, 0.6) is 0 Å². The van der Waals surface area contributed by atoms with E-state index in [9.17, 15) is 9.59 Å². The van der Waals surface area contributed by atoms with Crippen molar-refractivity contribution in [1.82, 2.24) is 0 Å². The maximum Gasteiger partial charge on any atom is 0.248 e. The van der Waals surface area contributed by atoms with Crippen molar-refractivity contribution in [1.29, 1.82) is 0 Å². The number of carbonyl (C=O) groups excluding carboxylic acids is 2. The third-order valence-corrected chi connectivity index (χ3v) is 3.98. The predicted molar refractivity (Wildman–Crippen MR) is 99.9 cm³/mol. The number of nitrogens with one attached hydrogen (secondary N) is 2. The van der Waals surface area contributed by atoms with Gasteiger partial charge in [0.05, 0.1) is 20.8 Å². The first-order valence-corrected chi connectivity index (χ1v) is 8.00. The van der Waals surface area contributed by atoms with E-state index in [1.807, 2.05) is 0 Å². The summed E-state index contributed by atoms with van der Waals surface area (Å²) in [6.07, 6.45) is 2.95. The molecule has 0 aliphatic carbocycles. The number of amides is 2. The van der Waals surface area contributed by atoms with E-state index in [0.717, 1.165) is 5.56 Å². The zero-order valence-electron chi connectivity index (χ0n) is 12.6. The lowest BCUT2D eigenvalue weighted by Crippen LogP contribution is -2.10. The van der Waals surface area contributed by atoms with E-state index in [1.54, 1.807) is 42.5 Å². The third-order valence-electron chi connectivity index (χ3n) is 2.92. The fourth-order valence-corrected chi connectivity index (χ4v) is 2.34. The van der Waals surface area contributed by atoms with Gasteiger partial charge in [-0.2, -0.15) is 0 Å². The molecular formula is C17H13Cl3N2O2. The van der Waals surface area contributed by atoms with Crippen LogP contribution in [-0.2, 0) is 9.59 Å². The van der Waals surface area contributed by atoms with Gasteiger partial charge in [-0.25, -0.2) is 0 Å². The summed E-state index contributed by atoms with van der Waals surface area (Å²) in [7, 11) is 0. The molecular weight excluding hydrogens is 371 g/mol. The molecule has 4 nitrogen and oxygen atoms in total. The molecule has 2 aromatic carbocycles. The molecule has 0 bridgehead atoms. The van der Waals surface area contributed by atoms with Gasteiger partial charge in [0.2, 0.25) is 11.8 Å². The summed E-state index contributed by atoms with van der Waals surface area (Å²) in [5, 5.41) is 6.49. The fourth-order valence-electron chi connectivity index (χ4n) is 1.86. The molecule has 2 aromatic rings. The molecule has 0 aromatic heterocycles. The van der Waals surface area contributed by atoms with Gasteiger partial charge in [0, 0.05) is 18.7 Å². The fraction of sp³-hybridized carbons (Fsp3) is 0.0588. The Morgan fingerprint density at radius 1 is 0.917 bits per heavy atom. The van der Waals surface area contributed by atoms with Crippen LogP contribution in [0.2, 0.25) is 15.1 Å². The van der Waals surface area contributed by atoms with Crippen molar-refractivity contribution in [2.24, 2.45) is 0 Å². The standard InChI is InChI=1S/C17H13Cl3N2O2/c1-10(23)21-12-4-6-14(19)16(9-12)22-17(24)7-3-11-2-5-13(18)15(20)8-11/h2-9H,1H3,(H,21,23)(H,22,24)/b7-3+. The molecule has 0 spiro atoms. The zero-order chi connectivity index (χ0) is 17.7. The molecule has 0 heterocycles. The summed E-state index contributed by atoms with van der Waals surface area (Å²) in [5.74, 6) is -0.586. The molecule has 2 N–H and O–H groups in total. The second-order valence-corrected chi connectivity index (χ2v) is 6.09. The highest BCUT2D eigenvalue weighted by atomic mass is 35.5. The van der Waals surface area contributed by atoms with Gasteiger partial charge in [-0.1, -0.05) is 40.9 Å². The van der Waals surface area contributed by atoms with E-state index in [1.165, 1.54) is 13.0 Å². The minimum absolute atomic E-state index is 0.214. The van der Waals surface area contributed by atoms with Gasteiger partial charge in [-0.3, -0.25) is 9.59 Å². The molecule has 124 valence electrons. The van der Waals surface area contributed by atoms with E-state index in [-0.39, 0.29) is 11.8 Å². The van der Waals surface area contributed by atoms with Gasteiger partial charge in [-0.05, 0) is 42.0 Å². The lowest BCUT2D eigenvalue weighted by atomic mass is 10.2. The smallest absolute Gasteiger partial charge is 0.248 e. The maximum atomic E-state index is 12.0. The molecule has 24 heavy (non-hydrogen) atoms. The Morgan fingerprint density at radius 2 is 1.62 bits per heavy atom. The number of hydrogen-bond donors (Lipinski definition) is 2. The van der Waals surface area contributed by atoms with Gasteiger partial charge in [0.15, 0.2) is 0 Å². The number of anilines is 2. The van der Waals surface area contributed by atoms with Crippen molar-refractivity contribution >= 4 is 64.1 Å². The van der Waals surface area contributed by atoms with Crippen LogP contribution in [0.3, 0.4) is 0 Å². The SMILES string of the molecule is CC(=O)Nc1ccc(Cl)c(NC(=O)/C=C/c2ccc(Cl)c(Cl)c2)c1. The second-order valence-electron chi connectivity index (χ2n) is 4.87. The summed E-state index contributed by atoms with van der Waals surface area (Å²) >= 11 is 17.8. The largest absolute Gasteiger partial charge is 0.326 e. The normalized spacial score (nSPS) is 10.7. The Balaban J connectivity index is 2.10. The number of halogens is 3. The first-order valence-electron chi connectivity index (χ1n) is 6.86. The Labute approximate surface area is 154 Å². The van der Waals surface area contributed by atoms with Crippen molar-refractivity contribution < 1.29 is 9.59 Å². The van der Waals surface area contributed by atoms with E-state index in [0.29, 0.717) is 26.4 Å². The second kappa shape index (κ2) is 8.20. The average Bonchev–Trinajstić information content (AvgIpc) is 2.51. The molecule has 0 radical (unpaired) electrons. The van der Waals surface area contributed by atoms with Gasteiger partial charge < -0.3 is 10.6 Å². The molecule has 2 rings (SSSR count). The Hall–Kier alpha value is -2.01. The first-order chi connectivity index (χ1) is 11.3. The molecule has 0 fully saturated rings. The van der Waals surface area contributed by atoms with E-state index >= 15 is 0 Å².